The maximum absolute atomic E-state index is 4.38. The summed E-state index contributed by atoms with van der Waals surface area (Å²) in [5, 5.41) is 4.38. The van der Waals surface area contributed by atoms with Gasteiger partial charge in [0.15, 0.2) is 0 Å². The number of rotatable bonds is 4. The maximum Gasteiger partial charge on any atom is 0.146 e. The average Bonchev–Trinajstić information content (AvgIpc) is 2.18. The van der Waals surface area contributed by atoms with Gasteiger partial charge in [-0.25, -0.2) is 0 Å². The van der Waals surface area contributed by atoms with E-state index in [0.717, 1.165) is 5.69 Å². The Kier molecular flexibility index (Phi) is 4.28. The van der Waals surface area contributed by atoms with Crippen LogP contribution in [-0.2, 0) is 0 Å². The molecule has 0 unspecified atom stereocenters. The van der Waals surface area contributed by atoms with Crippen LogP contribution < -0.4 is 5.43 Å². The van der Waals surface area contributed by atoms with Gasteiger partial charge in [0, 0.05) is 0 Å². The molecular weight excluding hydrogens is 186 g/mol. The van der Waals surface area contributed by atoms with E-state index in [-0.39, 0.29) is 0 Å². The Morgan fingerprint density at radius 2 is 1.53 bits per heavy atom. The first-order valence-electron chi connectivity index (χ1n) is 5.41. The molecule has 0 aliphatic carbocycles. The highest BCUT2D eigenvalue weighted by Gasteiger charge is 2.12. The monoisotopic (exact) mass is 206 g/mol. The predicted octanol–water partition coefficient (Wildman–Crippen LogP) is 3.30. The molecule has 1 aromatic rings. The molecular formula is C12H20N3+. The smallest absolute Gasteiger partial charge is 0.146 e. The third kappa shape index (κ3) is 3.70. The molecule has 0 bridgehead atoms. The first kappa shape index (κ1) is 11.7. The third-order valence-electron chi connectivity index (χ3n) is 2.13. The van der Waals surface area contributed by atoms with Crippen molar-refractivity contribution >= 4 is 5.69 Å². The number of para-hydroxylation sites is 1. The van der Waals surface area contributed by atoms with E-state index in [1.807, 2.05) is 35.0 Å². The second-order valence-corrected chi connectivity index (χ2v) is 4.15. The lowest BCUT2D eigenvalue weighted by atomic mass is 10.3. The topological polar surface area (TPSA) is 27.4 Å². The van der Waals surface area contributed by atoms with Gasteiger partial charge in [0.1, 0.15) is 17.8 Å². The normalized spacial score (nSPS) is 10.5. The van der Waals surface area contributed by atoms with Gasteiger partial charge < -0.3 is 0 Å². The summed E-state index contributed by atoms with van der Waals surface area (Å²) in [7, 11) is 0. The van der Waals surface area contributed by atoms with Crippen LogP contribution in [0.1, 0.15) is 27.7 Å². The molecule has 1 N–H and O–H groups in total. The minimum atomic E-state index is 0.404. The van der Waals surface area contributed by atoms with E-state index in [4.69, 9.17) is 0 Å². The van der Waals surface area contributed by atoms with E-state index in [1.165, 1.54) is 0 Å². The number of hydrogen-bond acceptors (Lipinski definition) is 1. The lowest BCUT2D eigenvalue weighted by Gasteiger charge is -2.11. The molecule has 15 heavy (non-hydrogen) atoms. The quantitative estimate of drug-likeness (QED) is 0.457. The molecule has 1 aromatic carbocycles. The van der Waals surface area contributed by atoms with Crippen LogP contribution in [0.25, 0.3) is 0 Å². The van der Waals surface area contributed by atoms with Crippen molar-refractivity contribution in [3.05, 3.63) is 30.3 Å². The summed E-state index contributed by atoms with van der Waals surface area (Å²) in [6, 6.07) is 10.8. The van der Waals surface area contributed by atoms with Gasteiger partial charge >= 0.3 is 0 Å². The summed E-state index contributed by atoms with van der Waals surface area (Å²) < 4.78 is 2.05. The number of anilines is 1. The molecule has 3 nitrogen and oxygen atoms in total. The fourth-order valence-electron chi connectivity index (χ4n) is 1.46. The predicted molar refractivity (Wildman–Crippen MR) is 63.0 cm³/mol. The molecule has 0 radical (unpaired) electrons. The van der Waals surface area contributed by atoms with Crippen LogP contribution in [0.4, 0.5) is 5.69 Å². The molecule has 0 fully saturated rings. The first-order chi connectivity index (χ1) is 7.11. The second-order valence-electron chi connectivity index (χ2n) is 4.15. The van der Waals surface area contributed by atoms with Crippen molar-refractivity contribution in [3.63, 3.8) is 0 Å². The van der Waals surface area contributed by atoms with Crippen molar-refractivity contribution < 1.29 is 4.70 Å². The molecule has 3 heteroatoms. The summed E-state index contributed by atoms with van der Waals surface area (Å²) in [6.45, 7) is 8.54. The number of nitrogens with one attached hydrogen (secondary N) is 1. The zero-order valence-electron chi connectivity index (χ0n) is 9.94. The van der Waals surface area contributed by atoms with Crippen molar-refractivity contribution in [1.29, 1.82) is 0 Å². The fourth-order valence-corrected chi connectivity index (χ4v) is 1.46. The number of benzene rings is 1. The number of nitrogens with zero attached hydrogens (tertiary/aromatic N) is 2. The molecule has 0 heterocycles. The summed E-state index contributed by atoms with van der Waals surface area (Å²) in [5.41, 5.74) is 4.08. The molecule has 1 rings (SSSR count). The molecule has 0 aliphatic heterocycles. The molecule has 0 saturated carbocycles. The van der Waals surface area contributed by atoms with Crippen LogP contribution in [0, 0.1) is 0 Å². The highest BCUT2D eigenvalue weighted by atomic mass is 15.5. The molecule has 0 atom stereocenters. The van der Waals surface area contributed by atoms with Gasteiger partial charge in [0.05, 0.1) is 5.22 Å². The fraction of sp³-hybridized carbons (Fsp3) is 0.500. The van der Waals surface area contributed by atoms with Crippen LogP contribution in [-0.4, -0.2) is 16.8 Å². The summed E-state index contributed by atoms with van der Waals surface area (Å²) in [4.78, 5) is 0. The average molecular weight is 206 g/mol. The molecule has 0 aromatic heterocycles. The Balaban J connectivity index is 2.70. The van der Waals surface area contributed by atoms with E-state index in [0.29, 0.717) is 12.1 Å². The van der Waals surface area contributed by atoms with E-state index in [1.54, 1.807) is 0 Å². The number of hydrogen-bond donors (Lipinski definition) is 1. The minimum absolute atomic E-state index is 0.404. The van der Waals surface area contributed by atoms with Crippen molar-refractivity contribution in [2.75, 3.05) is 5.43 Å². The van der Waals surface area contributed by atoms with Crippen molar-refractivity contribution in [2.24, 2.45) is 5.22 Å². The van der Waals surface area contributed by atoms with E-state index in [9.17, 15) is 0 Å². The highest BCUT2D eigenvalue weighted by molar-refractivity contribution is 5.40. The lowest BCUT2D eigenvalue weighted by molar-refractivity contribution is -0.647. The van der Waals surface area contributed by atoms with Crippen LogP contribution in [0.15, 0.2) is 35.6 Å². The van der Waals surface area contributed by atoms with Gasteiger partial charge in [-0.2, -0.15) is 4.70 Å². The summed E-state index contributed by atoms with van der Waals surface area (Å²) >= 11 is 0. The first-order valence-corrected chi connectivity index (χ1v) is 5.41. The van der Waals surface area contributed by atoms with Crippen molar-refractivity contribution in [1.82, 2.24) is 0 Å². The molecule has 0 saturated heterocycles. The van der Waals surface area contributed by atoms with E-state index >= 15 is 0 Å². The molecule has 0 aliphatic rings. The zero-order valence-corrected chi connectivity index (χ0v) is 9.94. The Hall–Kier alpha value is -1.38. The van der Waals surface area contributed by atoms with E-state index < -0.39 is 0 Å². The standard InChI is InChI=1S/C12H19N3/c1-10(2)15(11(3)4)14-13-12-8-6-5-7-9-12/h5-11H,1-4H3/p+1. The van der Waals surface area contributed by atoms with Gasteiger partial charge in [-0.15, -0.1) is 5.43 Å². The largest absolute Gasteiger partial charge is 0.164 e. The van der Waals surface area contributed by atoms with Crippen LogP contribution >= 0.6 is 0 Å². The van der Waals surface area contributed by atoms with Crippen LogP contribution in [0.3, 0.4) is 0 Å². The lowest BCUT2D eigenvalue weighted by Crippen LogP contribution is -2.26. The zero-order chi connectivity index (χ0) is 11.3. The molecule has 82 valence electrons. The van der Waals surface area contributed by atoms with Gasteiger partial charge in [-0.05, 0) is 39.8 Å². The van der Waals surface area contributed by atoms with Gasteiger partial charge in [0.25, 0.3) is 0 Å². The summed E-state index contributed by atoms with van der Waals surface area (Å²) in [6.07, 6.45) is 0. The third-order valence-corrected chi connectivity index (χ3v) is 2.13. The maximum atomic E-state index is 4.38. The van der Waals surface area contributed by atoms with Gasteiger partial charge in [-0.3, -0.25) is 0 Å². The van der Waals surface area contributed by atoms with Crippen molar-refractivity contribution in [3.8, 4) is 0 Å². The van der Waals surface area contributed by atoms with Crippen molar-refractivity contribution in [2.45, 2.75) is 39.8 Å². The SMILES string of the molecule is CC(C)[N+](=NNc1ccccc1)C(C)C. The highest BCUT2D eigenvalue weighted by Crippen LogP contribution is 2.06. The Labute approximate surface area is 91.8 Å². The van der Waals surface area contributed by atoms with Gasteiger partial charge in [-0.1, -0.05) is 18.2 Å². The van der Waals surface area contributed by atoms with Gasteiger partial charge in [0.2, 0.25) is 0 Å². The van der Waals surface area contributed by atoms with Crippen LogP contribution in [0.2, 0.25) is 0 Å². The Morgan fingerprint density at radius 3 is 2.00 bits per heavy atom. The Bertz CT molecular complexity index is 305. The molecule has 0 amide bonds. The van der Waals surface area contributed by atoms with E-state index in [2.05, 4.69) is 38.3 Å². The summed E-state index contributed by atoms with van der Waals surface area (Å²) in [5.74, 6) is 0. The second kappa shape index (κ2) is 5.49. The Morgan fingerprint density at radius 1 is 1.00 bits per heavy atom. The minimum Gasteiger partial charge on any atom is -0.164 e. The van der Waals surface area contributed by atoms with Crippen LogP contribution in [0.5, 0.6) is 0 Å². The molecule has 0 spiro atoms.